The first-order chi connectivity index (χ1) is 28.1. The summed E-state index contributed by atoms with van der Waals surface area (Å²) in [5.74, 6) is 0. The minimum atomic E-state index is -2.38. The fourth-order valence-corrected chi connectivity index (χ4v) is 14.0. The molecule has 57 heavy (non-hydrogen) atoms. The molecule has 0 aromatic heterocycles. The van der Waals surface area contributed by atoms with E-state index in [4.69, 9.17) is 0 Å². The maximum Gasteiger partial charge on any atom is 0.114 e. The Hall–Kier alpha value is -6.80. The largest absolute Gasteiger partial charge is 0.114 e. The van der Waals surface area contributed by atoms with E-state index in [1.165, 1.54) is 119 Å². The third-order valence-corrected chi connectivity index (χ3v) is 16.5. The van der Waals surface area contributed by atoms with Crippen LogP contribution in [0.25, 0.3) is 108 Å². The fraction of sp³-hybridized carbons (Fsp3) is 0.0357. The first kappa shape index (κ1) is 32.4. The van der Waals surface area contributed by atoms with Gasteiger partial charge in [0.1, 0.15) is 8.07 Å². The van der Waals surface area contributed by atoms with Crippen molar-refractivity contribution in [2.24, 2.45) is 0 Å². The van der Waals surface area contributed by atoms with E-state index < -0.39 is 8.07 Å². The van der Waals surface area contributed by atoms with E-state index >= 15 is 0 Å². The van der Waals surface area contributed by atoms with Crippen LogP contribution in [0.4, 0.5) is 0 Å². The van der Waals surface area contributed by atoms with Gasteiger partial charge in [-0.1, -0.05) is 201 Å². The van der Waals surface area contributed by atoms with Crippen molar-refractivity contribution in [2.45, 2.75) is 13.1 Å². The van der Waals surface area contributed by atoms with Gasteiger partial charge >= 0.3 is 0 Å². The zero-order valence-corrected chi connectivity index (χ0v) is 33.0. The zero-order chi connectivity index (χ0) is 37.8. The quantitative estimate of drug-likeness (QED) is 0.0958. The van der Waals surface area contributed by atoms with Crippen LogP contribution in [0.2, 0.25) is 13.1 Å². The number of hydrogen-bond acceptors (Lipinski definition) is 0. The Labute approximate surface area is 332 Å². The average molecular weight is 739 g/mol. The SMILES string of the molecule is C[Si](C)(c1c2ccccc2c(-c2c3ccccc3c(-c3ccc4ccccc4c3)c3ccccc23)c2ccccc12)c1ccc2ccc3cccc4ccc1c2c34. The van der Waals surface area contributed by atoms with Gasteiger partial charge in [0.2, 0.25) is 0 Å². The first-order valence-corrected chi connectivity index (χ1v) is 23.1. The third-order valence-electron chi connectivity index (χ3n) is 13.0. The summed E-state index contributed by atoms with van der Waals surface area (Å²) in [5.41, 5.74) is 5.18. The van der Waals surface area contributed by atoms with Crippen LogP contribution in [0.5, 0.6) is 0 Å². The Morgan fingerprint density at radius 2 is 0.684 bits per heavy atom. The van der Waals surface area contributed by atoms with Crippen molar-refractivity contribution in [2.75, 3.05) is 0 Å². The van der Waals surface area contributed by atoms with Crippen molar-refractivity contribution in [3.63, 3.8) is 0 Å². The van der Waals surface area contributed by atoms with Crippen LogP contribution in [-0.2, 0) is 0 Å². The molecule has 0 radical (unpaired) electrons. The molecule has 0 N–H and O–H groups in total. The average Bonchev–Trinajstić information content (AvgIpc) is 3.26. The standard InChI is InChI=1S/C56H38Si/c1-57(2,50-33-31-38-28-27-36-16-13-17-37-30-32-49(50)53(38)51(36)37)56-47-24-11-9-22-45(47)55(46-23-10-12-25-48(46)56)54-43-20-7-5-18-41(43)52(42-19-6-8-21-44(42)54)40-29-26-35-14-3-4-15-39(35)34-40/h3-34H,1-2H3. The van der Waals surface area contributed by atoms with Gasteiger partial charge in [-0.15, -0.1) is 0 Å². The Kier molecular flexibility index (Phi) is 6.88. The maximum absolute atomic E-state index is 2.58. The Morgan fingerprint density at radius 1 is 0.281 bits per heavy atom. The molecule has 266 valence electrons. The molecule has 12 rings (SSSR count). The van der Waals surface area contributed by atoms with Crippen LogP contribution < -0.4 is 10.4 Å². The molecule has 0 aliphatic carbocycles. The highest BCUT2D eigenvalue weighted by Gasteiger charge is 2.34. The molecule has 0 nitrogen and oxygen atoms in total. The topological polar surface area (TPSA) is 0 Å². The second-order valence-electron chi connectivity index (χ2n) is 16.3. The Balaban J connectivity index is 1.19. The lowest BCUT2D eigenvalue weighted by Crippen LogP contribution is -2.53. The molecule has 0 aliphatic rings. The zero-order valence-electron chi connectivity index (χ0n) is 32.0. The number of rotatable bonds is 4. The summed E-state index contributed by atoms with van der Waals surface area (Å²) >= 11 is 0. The number of hydrogen-bond donors (Lipinski definition) is 0. The van der Waals surface area contributed by atoms with Gasteiger partial charge in [-0.05, 0) is 125 Å². The second kappa shape index (κ2) is 12.1. The molecule has 1 heteroatoms. The van der Waals surface area contributed by atoms with E-state index in [0.717, 1.165) is 0 Å². The highest BCUT2D eigenvalue weighted by atomic mass is 28.3. The van der Waals surface area contributed by atoms with Crippen LogP contribution >= 0.6 is 0 Å². The smallest absolute Gasteiger partial charge is 0.0616 e. The molecule has 0 bridgehead atoms. The summed E-state index contributed by atoms with van der Waals surface area (Å²) in [5, 5.41) is 24.1. The van der Waals surface area contributed by atoms with Gasteiger partial charge in [0.15, 0.2) is 0 Å². The molecule has 0 saturated heterocycles. The van der Waals surface area contributed by atoms with E-state index in [1.807, 2.05) is 0 Å². The van der Waals surface area contributed by atoms with Gasteiger partial charge in [-0.2, -0.15) is 0 Å². The third kappa shape index (κ3) is 4.61. The van der Waals surface area contributed by atoms with Crippen molar-refractivity contribution >= 4 is 105 Å². The monoisotopic (exact) mass is 738 g/mol. The van der Waals surface area contributed by atoms with Gasteiger partial charge < -0.3 is 0 Å². The van der Waals surface area contributed by atoms with E-state index in [-0.39, 0.29) is 0 Å². The lowest BCUT2D eigenvalue weighted by Gasteiger charge is -2.31. The summed E-state index contributed by atoms with van der Waals surface area (Å²) in [4.78, 5) is 0. The van der Waals surface area contributed by atoms with E-state index in [1.54, 1.807) is 0 Å². The van der Waals surface area contributed by atoms with Crippen molar-refractivity contribution in [3.8, 4) is 22.3 Å². The molecule has 0 fully saturated rings. The molecule has 0 aliphatic heterocycles. The second-order valence-corrected chi connectivity index (χ2v) is 20.6. The summed E-state index contributed by atoms with van der Waals surface area (Å²) in [7, 11) is -2.38. The number of fused-ring (bicyclic) bond motifs is 5. The molecule has 0 unspecified atom stereocenters. The highest BCUT2D eigenvalue weighted by molar-refractivity contribution is 7.04. The molecule has 0 atom stereocenters. The summed E-state index contributed by atoms with van der Waals surface area (Å²) in [6, 6.07) is 73.3. The molecule has 0 saturated carbocycles. The van der Waals surface area contributed by atoms with Gasteiger partial charge in [0, 0.05) is 0 Å². The Morgan fingerprint density at radius 3 is 1.26 bits per heavy atom. The van der Waals surface area contributed by atoms with Crippen molar-refractivity contribution < 1.29 is 0 Å². The minimum absolute atomic E-state index is 1.25. The summed E-state index contributed by atoms with van der Waals surface area (Å²) in [6.45, 7) is 5.16. The van der Waals surface area contributed by atoms with Gasteiger partial charge in [-0.25, -0.2) is 0 Å². The lowest BCUT2D eigenvalue weighted by atomic mass is 9.82. The van der Waals surface area contributed by atoms with Gasteiger partial charge in [-0.3, -0.25) is 0 Å². The van der Waals surface area contributed by atoms with Crippen LogP contribution in [0.1, 0.15) is 0 Å². The molecular weight excluding hydrogens is 701 g/mol. The van der Waals surface area contributed by atoms with E-state index in [2.05, 4.69) is 207 Å². The lowest BCUT2D eigenvalue weighted by molar-refractivity contribution is 1.69. The normalized spacial score (nSPS) is 12.4. The van der Waals surface area contributed by atoms with Crippen molar-refractivity contribution in [1.82, 2.24) is 0 Å². The fourth-order valence-electron chi connectivity index (χ4n) is 10.5. The molecule has 12 aromatic rings. The van der Waals surface area contributed by atoms with Crippen molar-refractivity contribution in [3.05, 3.63) is 194 Å². The van der Waals surface area contributed by atoms with Crippen LogP contribution in [0.3, 0.4) is 0 Å². The van der Waals surface area contributed by atoms with Crippen LogP contribution in [0, 0.1) is 0 Å². The van der Waals surface area contributed by atoms with Crippen LogP contribution in [-0.4, -0.2) is 8.07 Å². The highest BCUT2D eigenvalue weighted by Crippen LogP contribution is 2.48. The minimum Gasteiger partial charge on any atom is -0.0616 e. The van der Waals surface area contributed by atoms with Gasteiger partial charge in [0.05, 0.1) is 0 Å². The summed E-state index contributed by atoms with van der Waals surface area (Å²) in [6.07, 6.45) is 0. The predicted octanol–water partition coefficient (Wildman–Crippen LogP) is 14.5. The summed E-state index contributed by atoms with van der Waals surface area (Å²) < 4.78 is 0. The Bertz CT molecular complexity index is 3480. The predicted molar refractivity (Wildman–Crippen MR) is 252 cm³/mol. The molecule has 0 heterocycles. The van der Waals surface area contributed by atoms with Crippen molar-refractivity contribution in [1.29, 1.82) is 0 Å². The molecule has 0 amide bonds. The molecule has 12 aromatic carbocycles. The van der Waals surface area contributed by atoms with E-state index in [9.17, 15) is 0 Å². The maximum atomic E-state index is 2.58. The molecular formula is C56H38Si. The number of benzene rings is 12. The molecule has 0 spiro atoms. The van der Waals surface area contributed by atoms with Crippen LogP contribution in [0.15, 0.2) is 194 Å². The van der Waals surface area contributed by atoms with Gasteiger partial charge in [0.25, 0.3) is 0 Å². The first-order valence-electron chi connectivity index (χ1n) is 20.1. The van der Waals surface area contributed by atoms with E-state index in [0.29, 0.717) is 0 Å².